The average molecular weight is 520 g/mol. The molecule has 1 aliphatic heterocycles. The lowest BCUT2D eigenvalue weighted by molar-refractivity contribution is 0.139. The number of piperidine rings is 1. The van der Waals surface area contributed by atoms with E-state index in [1.165, 1.54) is 25.9 Å². The third-order valence-corrected chi connectivity index (χ3v) is 5.28. The van der Waals surface area contributed by atoms with Crippen LogP contribution in [0, 0.1) is 5.92 Å². The molecule has 1 aromatic rings. The maximum absolute atomic E-state index is 5.42. The summed E-state index contributed by atoms with van der Waals surface area (Å²) < 4.78 is 16.2. The van der Waals surface area contributed by atoms with E-state index >= 15 is 0 Å². The summed E-state index contributed by atoms with van der Waals surface area (Å²) in [7, 11) is 6.64. The van der Waals surface area contributed by atoms with Crippen LogP contribution in [0.3, 0.4) is 0 Å². The summed E-state index contributed by atoms with van der Waals surface area (Å²) in [4.78, 5) is 6.91. The van der Waals surface area contributed by atoms with Gasteiger partial charge < -0.3 is 24.8 Å². The van der Waals surface area contributed by atoms with Crippen molar-refractivity contribution in [2.24, 2.45) is 10.9 Å². The van der Waals surface area contributed by atoms with Crippen molar-refractivity contribution in [3.8, 4) is 17.2 Å². The van der Waals surface area contributed by atoms with E-state index in [1.807, 2.05) is 12.1 Å². The number of hydrogen-bond acceptors (Lipinski definition) is 5. The van der Waals surface area contributed by atoms with Gasteiger partial charge in [0.05, 0.1) is 21.3 Å². The van der Waals surface area contributed by atoms with Gasteiger partial charge in [0.2, 0.25) is 5.75 Å². The molecule has 166 valence electrons. The molecule has 2 N–H and O–H groups in total. The molecule has 2 unspecified atom stereocenters. The zero-order valence-electron chi connectivity index (χ0n) is 18.6. The number of guanidine groups is 1. The van der Waals surface area contributed by atoms with Crippen molar-refractivity contribution in [2.75, 3.05) is 48.0 Å². The third-order valence-electron chi connectivity index (χ3n) is 5.28. The maximum atomic E-state index is 5.42. The molecule has 0 aromatic heterocycles. The van der Waals surface area contributed by atoms with Crippen LogP contribution in [0.2, 0.25) is 0 Å². The molecule has 2 atom stereocenters. The number of nitrogens with one attached hydrogen (secondary N) is 2. The normalized spacial score (nSPS) is 18.4. The minimum absolute atomic E-state index is 0. The molecule has 8 heteroatoms. The Balaban J connectivity index is 0.00000420. The van der Waals surface area contributed by atoms with E-state index in [4.69, 9.17) is 14.2 Å². The van der Waals surface area contributed by atoms with Crippen molar-refractivity contribution in [1.29, 1.82) is 0 Å². The Kier molecular flexibility index (Phi) is 11.5. The van der Waals surface area contributed by atoms with E-state index in [0.717, 1.165) is 24.0 Å². The molecule has 0 aliphatic carbocycles. The zero-order chi connectivity index (χ0) is 20.5. The van der Waals surface area contributed by atoms with Crippen molar-refractivity contribution < 1.29 is 14.2 Å². The van der Waals surface area contributed by atoms with Gasteiger partial charge in [-0.15, -0.1) is 24.0 Å². The molecule has 1 saturated heterocycles. The molecule has 0 bridgehead atoms. The number of likely N-dealkylation sites (tertiary alicyclic amines) is 1. The predicted octanol–water partition coefficient (Wildman–Crippen LogP) is 3.12. The first-order valence-electron chi connectivity index (χ1n) is 9.99. The summed E-state index contributed by atoms with van der Waals surface area (Å²) >= 11 is 0. The highest BCUT2D eigenvalue weighted by molar-refractivity contribution is 14.0. The number of rotatable bonds is 8. The summed E-state index contributed by atoms with van der Waals surface area (Å²) in [5, 5.41) is 6.80. The fourth-order valence-corrected chi connectivity index (χ4v) is 3.64. The maximum Gasteiger partial charge on any atom is 0.203 e. The fourth-order valence-electron chi connectivity index (χ4n) is 3.64. The van der Waals surface area contributed by atoms with Crippen molar-refractivity contribution in [1.82, 2.24) is 15.5 Å². The molecule has 1 heterocycles. The Morgan fingerprint density at radius 2 is 1.83 bits per heavy atom. The summed E-state index contributed by atoms with van der Waals surface area (Å²) in [5.41, 5.74) is 1.02. The van der Waals surface area contributed by atoms with E-state index in [1.54, 1.807) is 28.4 Å². The van der Waals surface area contributed by atoms with Crippen molar-refractivity contribution in [3.05, 3.63) is 17.7 Å². The Morgan fingerprint density at radius 3 is 2.34 bits per heavy atom. The van der Waals surface area contributed by atoms with Crippen LogP contribution in [-0.2, 0) is 6.54 Å². The first kappa shape index (κ1) is 25.6. The molecule has 0 radical (unpaired) electrons. The van der Waals surface area contributed by atoms with Crippen molar-refractivity contribution in [2.45, 2.75) is 39.3 Å². The highest BCUT2D eigenvalue weighted by Gasteiger charge is 2.21. The van der Waals surface area contributed by atoms with Gasteiger partial charge >= 0.3 is 0 Å². The second-order valence-electron chi connectivity index (χ2n) is 7.43. The van der Waals surface area contributed by atoms with E-state index < -0.39 is 0 Å². The van der Waals surface area contributed by atoms with Gasteiger partial charge in [0.25, 0.3) is 0 Å². The minimum Gasteiger partial charge on any atom is -0.493 e. The molecule has 7 nitrogen and oxygen atoms in total. The molecular formula is C21H37IN4O3. The summed E-state index contributed by atoms with van der Waals surface area (Å²) in [6.07, 6.45) is 2.63. The quantitative estimate of drug-likeness (QED) is 0.312. The number of aliphatic imine (C=N–C) groups is 1. The van der Waals surface area contributed by atoms with Crippen LogP contribution in [0.5, 0.6) is 17.2 Å². The van der Waals surface area contributed by atoms with Gasteiger partial charge in [-0.05, 0) is 49.9 Å². The minimum atomic E-state index is 0. The molecule has 0 spiro atoms. The topological polar surface area (TPSA) is 67.4 Å². The molecule has 0 saturated carbocycles. The van der Waals surface area contributed by atoms with E-state index in [2.05, 4.69) is 34.4 Å². The number of ether oxygens (including phenoxy) is 3. The van der Waals surface area contributed by atoms with Gasteiger partial charge in [-0.3, -0.25) is 9.89 Å². The molecule has 1 aliphatic rings. The molecule has 2 rings (SSSR count). The van der Waals surface area contributed by atoms with Crippen LogP contribution in [-0.4, -0.2) is 64.9 Å². The Hall–Kier alpha value is -1.42. The monoisotopic (exact) mass is 520 g/mol. The second kappa shape index (κ2) is 13.0. The molecular weight excluding hydrogens is 483 g/mol. The van der Waals surface area contributed by atoms with Crippen LogP contribution >= 0.6 is 24.0 Å². The number of nitrogens with zero attached hydrogens (tertiary/aromatic N) is 2. The molecule has 29 heavy (non-hydrogen) atoms. The van der Waals surface area contributed by atoms with Gasteiger partial charge in [-0.25, -0.2) is 0 Å². The second-order valence-corrected chi connectivity index (χ2v) is 7.43. The number of benzene rings is 1. The predicted molar refractivity (Wildman–Crippen MR) is 129 cm³/mol. The van der Waals surface area contributed by atoms with Crippen LogP contribution in [0.4, 0.5) is 0 Å². The van der Waals surface area contributed by atoms with Crippen LogP contribution in [0.25, 0.3) is 0 Å². The first-order chi connectivity index (χ1) is 13.5. The van der Waals surface area contributed by atoms with Crippen LogP contribution < -0.4 is 24.8 Å². The molecule has 1 fully saturated rings. The molecule has 0 amide bonds. The number of hydrogen-bond donors (Lipinski definition) is 2. The third kappa shape index (κ3) is 7.40. The van der Waals surface area contributed by atoms with Gasteiger partial charge in [0, 0.05) is 32.7 Å². The van der Waals surface area contributed by atoms with Gasteiger partial charge in [0.15, 0.2) is 17.5 Å². The van der Waals surface area contributed by atoms with Gasteiger partial charge in [-0.2, -0.15) is 0 Å². The first-order valence-corrected chi connectivity index (χ1v) is 9.99. The summed E-state index contributed by atoms with van der Waals surface area (Å²) in [6.45, 7) is 8.44. The number of methoxy groups -OCH3 is 3. The van der Waals surface area contributed by atoms with Gasteiger partial charge in [-0.1, -0.05) is 6.92 Å². The smallest absolute Gasteiger partial charge is 0.203 e. The standard InChI is InChI=1S/C21H36N4O3.HI/c1-15-8-7-9-25(14-15)16(2)12-23-21(22-3)24-13-17-10-18(26-4)20(28-6)19(11-17)27-5;/h10-11,15-16H,7-9,12-14H2,1-6H3,(H2,22,23,24);1H. The average Bonchev–Trinajstić information content (AvgIpc) is 2.72. The molecule has 1 aromatic carbocycles. The van der Waals surface area contributed by atoms with Gasteiger partial charge in [0.1, 0.15) is 0 Å². The van der Waals surface area contributed by atoms with Crippen LogP contribution in [0.1, 0.15) is 32.3 Å². The lowest BCUT2D eigenvalue weighted by Crippen LogP contribution is -2.48. The lowest BCUT2D eigenvalue weighted by atomic mass is 9.99. The SMILES string of the molecule is CN=C(NCc1cc(OC)c(OC)c(OC)c1)NCC(C)N1CCCC(C)C1.I. The summed E-state index contributed by atoms with van der Waals surface area (Å²) in [5.74, 6) is 3.46. The lowest BCUT2D eigenvalue weighted by Gasteiger charge is -2.35. The van der Waals surface area contributed by atoms with E-state index in [9.17, 15) is 0 Å². The van der Waals surface area contributed by atoms with Crippen molar-refractivity contribution in [3.63, 3.8) is 0 Å². The van der Waals surface area contributed by atoms with E-state index in [0.29, 0.717) is 29.8 Å². The number of halogens is 1. The van der Waals surface area contributed by atoms with Crippen LogP contribution in [0.15, 0.2) is 17.1 Å². The summed E-state index contributed by atoms with van der Waals surface area (Å²) in [6, 6.07) is 4.36. The van der Waals surface area contributed by atoms with Crippen molar-refractivity contribution >= 4 is 29.9 Å². The Labute approximate surface area is 192 Å². The highest BCUT2D eigenvalue weighted by Crippen LogP contribution is 2.38. The highest BCUT2D eigenvalue weighted by atomic mass is 127. The largest absolute Gasteiger partial charge is 0.493 e. The Bertz CT molecular complexity index is 632. The fraction of sp³-hybridized carbons (Fsp3) is 0.667. The zero-order valence-corrected chi connectivity index (χ0v) is 20.9. The Morgan fingerprint density at radius 1 is 1.17 bits per heavy atom. The van der Waals surface area contributed by atoms with E-state index in [-0.39, 0.29) is 24.0 Å².